The van der Waals surface area contributed by atoms with E-state index >= 15 is 0 Å². The van der Waals surface area contributed by atoms with Crippen molar-refractivity contribution in [3.63, 3.8) is 0 Å². The van der Waals surface area contributed by atoms with Gasteiger partial charge in [-0.1, -0.05) is 0 Å². The lowest BCUT2D eigenvalue weighted by Gasteiger charge is -1.92. The Labute approximate surface area is 54.5 Å². The zero-order valence-electron chi connectivity index (χ0n) is 5.73. The Bertz CT molecular complexity index is 183. The summed E-state index contributed by atoms with van der Waals surface area (Å²) in [5.74, 6) is 0. The van der Waals surface area contributed by atoms with Gasteiger partial charge in [0.2, 0.25) is 0 Å². The second-order valence-electron chi connectivity index (χ2n) is 2.23. The lowest BCUT2D eigenvalue weighted by molar-refractivity contribution is 0.280. The summed E-state index contributed by atoms with van der Waals surface area (Å²) in [5, 5.41) is 8.77. The van der Waals surface area contributed by atoms with Gasteiger partial charge in [0, 0.05) is 17.5 Å². The van der Waals surface area contributed by atoms with E-state index in [-0.39, 0.29) is 6.61 Å². The van der Waals surface area contributed by atoms with Crippen LogP contribution < -0.4 is 0 Å². The van der Waals surface area contributed by atoms with Crippen LogP contribution in [-0.4, -0.2) is 10.1 Å². The van der Waals surface area contributed by atoms with Gasteiger partial charge in [-0.15, -0.1) is 0 Å². The Hall–Kier alpha value is -0.760. The van der Waals surface area contributed by atoms with Crippen LogP contribution in [0, 0.1) is 13.8 Å². The van der Waals surface area contributed by atoms with Crippen LogP contribution in [0.2, 0.25) is 0 Å². The highest BCUT2D eigenvalue weighted by Gasteiger charge is 2.00. The molecule has 0 saturated heterocycles. The molecule has 1 rings (SSSR count). The third kappa shape index (κ3) is 0.980. The van der Waals surface area contributed by atoms with E-state index in [1.165, 1.54) is 0 Å². The number of aryl methyl sites for hydroxylation is 2. The van der Waals surface area contributed by atoms with Crippen LogP contribution in [0.25, 0.3) is 0 Å². The molecule has 0 saturated carbocycles. The summed E-state index contributed by atoms with van der Waals surface area (Å²) >= 11 is 0. The fourth-order valence-corrected chi connectivity index (χ4v) is 0.930. The van der Waals surface area contributed by atoms with Crippen molar-refractivity contribution in [2.45, 2.75) is 20.5 Å². The molecule has 1 aromatic heterocycles. The average molecular weight is 125 g/mol. The molecule has 2 N–H and O–H groups in total. The van der Waals surface area contributed by atoms with Crippen molar-refractivity contribution in [1.29, 1.82) is 0 Å². The minimum atomic E-state index is 0.140. The summed E-state index contributed by atoms with van der Waals surface area (Å²) < 4.78 is 0. The van der Waals surface area contributed by atoms with Gasteiger partial charge in [-0.3, -0.25) is 0 Å². The Morgan fingerprint density at radius 3 is 2.44 bits per heavy atom. The lowest BCUT2D eigenvalue weighted by atomic mass is 10.2. The molecule has 2 nitrogen and oxygen atoms in total. The molecule has 9 heavy (non-hydrogen) atoms. The molecule has 0 aliphatic heterocycles. The molecule has 0 fully saturated rings. The topological polar surface area (TPSA) is 36.0 Å². The number of hydrogen-bond donors (Lipinski definition) is 2. The van der Waals surface area contributed by atoms with Gasteiger partial charge < -0.3 is 10.1 Å². The third-order valence-corrected chi connectivity index (χ3v) is 1.59. The SMILES string of the molecule is Cc1c[nH]c(C)c1CO. The van der Waals surface area contributed by atoms with Crippen LogP contribution in [0.1, 0.15) is 16.8 Å². The first-order valence-electron chi connectivity index (χ1n) is 3.00. The largest absolute Gasteiger partial charge is 0.392 e. The summed E-state index contributed by atoms with van der Waals surface area (Å²) in [6, 6.07) is 0. The highest BCUT2D eigenvalue weighted by Crippen LogP contribution is 2.10. The van der Waals surface area contributed by atoms with Crippen LogP contribution in [-0.2, 0) is 6.61 Å². The molecule has 0 aromatic carbocycles. The molecule has 0 bridgehead atoms. The molecule has 0 aliphatic carbocycles. The highest BCUT2D eigenvalue weighted by molar-refractivity contribution is 5.27. The van der Waals surface area contributed by atoms with Crippen molar-refractivity contribution in [3.8, 4) is 0 Å². The van der Waals surface area contributed by atoms with Crippen molar-refractivity contribution in [3.05, 3.63) is 23.0 Å². The second kappa shape index (κ2) is 2.23. The Morgan fingerprint density at radius 2 is 2.22 bits per heavy atom. The number of hydrogen-bond acceptors (Lipinski definition) is 1. The van der Waals surface area contributed by atoms with E-state index in [9.17, 15) is 0 Å². The first kappa shape index (κ1) is 6.36. The third-order valence-electron chi connectivity index (χ3n) is 1.59. The normalized spacial score (nSPS) is 10.1. The van der Waals surface area contributed by atoms with Crippen LogP contribution in [0.4, 0.5) is 0 Å². The smallest absolute Gasteiger partial charge is 0.0701 e. The number of H-pyrrole nitrogens is 1. The maximum atomic E-state index is 8.77. The van der Waals surface area contributed by atoms with Gasteiger partial charge >= 0.3 is 0 Å². The average Bonchev–Trinajstić information content (AvgIpc) is 2.12. The van der Waals surface area contributed by atoms with Crippen LogP contribution >= 0.6 is 0 Å². The van der Waals surface area contributed by atoms with E-state index in [1.807, 2.05) is 20.0 Å². The van der Waals surface area contributed by atoms with Crippen LogP contribution in [0.15, 0.2) is 6.20 Å². The van der Waals surface area contributed by atoms with E-state index in [4.69, 9.17) is 5.11 Å². The fourth-order valence-electron chi connectivity index (χ4n) is 0.930. The predicted molar refractivity (Wildman–Crippen MR) is 36.2 cm³/mol. The van der Waals surface area contributed by atoms with Gasteiger partial charge in [-0.2, -0.15) is 0 Å². The van der Waals surface area contributed by atoms with Crippen molar-refractivity contribution >= 4 is 0 Å². The summed E-state index contributed by atoms with van der Waals surface area (Å²) in [6.07, 6.45) is 1.90. The second-order valence-corrected chi connectivity index (χ2v) is 2.23. The molecule has 0 radical (unpaired) electrons. The summed E-state index contributed by atoms with van der Waals surface area (Å²) in [6.45, 7) is 4.08. The number of nitrogens with one attached hydrogen (secondary N) is 1. The molecule has 50 valence electrons. The molecule has 1 aromatic rings. The summed E-state index contributed by atoms with van der Waals surface area (Å²) in [7, 11) is 0. The molecule has 2 heteroatoms. The first-order chi connectivity index (χ1) is 4.25. The lowest BCUT2D eigenvalue weighted by Crippen LogP contribution is -1.85. The van der Waals surface area contributed by atoms with Gasteiger partial charge in [0.05, 0.1) is 6.61 Å². The minimum absolute atomic E-state index is 0.140. The Balaban J connectivity index is 3.07. The number of rotatable bonds is 1. The summed E-state index contributed by atoms with van der Waals surface area (Å²) in [4.78, 5) is 3.03. The highest BCUT2D eigenvalue weighted by atomic mass is 16.3. The van der Waals surface area contributed by atoms with Gasteiger partial charge in [0.25, 0.3) is 0 Å². The van der Waals surface area contributed by atoms with Crippen LogP contribution in [0.3, 0.4) is 0 Å². The van der Waals surface area contributed by atoms with Gasteiger partial charge in [0.15, 0.2) is 0 Å². The van der Waals surface area contributed by atoms with E-state index in [0.29, 0.717) is 0 Å². The Morgan fingerprint density at radius 1 is 1.56 bits per heavy atom. The monoisotopic (exact) mass is 125 g/mol. The van der Waals surface area contributed by atoms with E-state index < -0.39 is 0 Å². The maximum Gasteiger partial charge on any atom is 0.0701 e. The number of aliphatic hydroxyl groups excluding tert-OH is 1. The predicted octanol–water partition coefficient (Wildman–Crippen LogP) is 1.12. The molecule has 0 atom stereocenters. The number of aromatic nitrogens is 1. The molecule has 0 amide bonds. The van der Waals surface area contributed by atoms with Crippen molar-refractivity contribution in [1.82, 2.24) is 4.98 Å². The molecule has 1 heterocycles. The molecule has 0 spiro atoms. The van der Waals surface area contributed by atoms with E-state index in [2.05, 4.69) is 4.98 Å². The Kier molecular flexibility index (Phi) is 1.58. The fraction of sp³-hybridized carbons (Fsp3) is 0.429. The van der Waals surface area contributed by atoms with E-state index in [1.54, 1.807) is 0 Å². The quantitative estimate of drug-likeness (QED) is 0.579. The summed E-state index contributed by atoms with van der Waals surface area (Å²) in [5.41, 5.74) is 3.22. The standard InChI is InChI=1S/C7H11NO/c1-5-3-8-6(2)7(5)4-9/h3,8-9H,4H2,1-2H3. The zero-order valence-corrected chi connectivity index (χ0v) is 5.73. The van der Waals surface area contributed by atoms with E-state index in [0.717, 1.165) is 16.8 Å². The van der Waals surface area contributed by atoms with Crippen molar-refractivity contribution in [2.75, 3.05) is 0 Å². The maximum absolute atomic E-state index is 8.77. The number of aliphatic hydroxyl groups is 1. The number of aromatic amines is 1. The van der Waals surface area contributed by atoms with Gasteiger partial charge in [0.1, 0.15) is 0 Å². The molecular formula is C7H11NO. The zero-order chi connectivity index (χ0) is 6.85. The molecule has 0 unspecified atom stereocenters. The molecular weight excluding hydrogens is 114 g/mol. The van der Waals surface area contributed by atoms with Gasteiger partial charge in [-0.05, 0) is 19.4 Å². The van der Waals surface area contributed by atoms with Crippen molar-refractivity contribution in [2.24, 2.45) is 0 Å². The van der Waals surface area contributed by atoms with Crippen LogP contribution in [0.5, 0.6) is 0 Å². The van der Waals surface area contributed by atoms with Gasteiger partial charge in [-0.25, -0.2) is 0 Å². The first-order valence-corrected chi connectivity index (χ1v) is 3.00. The minimum Gasteiger partial charge on any atom is -0.392 e. The van der Waals surface area contributed by atoms with Crippen molar-refractivity contribution < 1.29 is 5.11 Å². The molecule has 0 aliphatic rings.